The third-order valence-electron chi connectivity index (χ3n) is 8.97. The lowest BCUT2D eigenvalue weighted by Crippen LogP contribution is -2.61. The summed E-state index contributed by atoms with van der Waals surface area (Å²) in [6, 6.07) is 20.6. The molecule has 43 heavy (non-hydrogen) atoms. The molecular formula is C34H40FN3O5. The highest BCUT2D eigenvalue weighted by Gasteiger charge is 2.51. The van der Waals surface area contributed by atoms with Crippen LogP contribution in [0.25, 0.3) is 11.1 Å². The normalized spacial score (nSPS) is 19.2. The lowest BCUT2D eigenvalue weighted by molar-refractivity contribution is -0.143. The number of halogens is 1. The second kappa shape index (κ2) is 12.1. The second-order valence-electron chi connectivity index (χ2n) is 12.3. The van der Waals surface area contributed by atoms with Crippen LogP contribution in [0.3, 0.4) is 0 Å². The highest BCUT2D eigenvalue weighted by atomic mass is 19.1. The molecule has 0 radical (unpaired) electrons. The Labute approximate surface area is 252 Å². The Bertz CT molecular complexity index is 1450. The highest BCUT2D eigenvalue weighted by Crippen LogP contribution is 2.41. The summed E-state index contributed by atoms with van der Waals surface area (Å²) in [5, 5.41) is 23.9. The van der Waals surface area contributed by atoms with E-state index in [-0.39, 0.29) is 11.4 Å². The van der Waals surface area contributed by atoms with Crippen molar-refractivity contribution in [3.05, 3.63) is 83.7 Å². The van der Waals surface area contributed by atoms with Gasteiger partial charge in [-0.25, -0.2) is 4.39 Å². The Morgan fingerprint density at radius 3 is 2.33 bits per heavy atom. The Morgan fingerprint density at radius 2 is 1.63 bits per heavy atom. The van der Waals surface area contributed by atoms with Crippen LogP contribution in [0.4, 0.5) is 4.39 Å². The van der Waals surface area contributed by atoms with Gasteiger partial charge in [-0.2, -0.15) is 0 Å². The first kappa shape index (κ1) is 29.4. The number of nitrogens with zero attached hydrogens (tertiary/aromatic N) is 3. The quantitative estimate of drug-likeness (QED) is 0.333. The fraction of sp³-hybridized carbons (Fsp3) is 0.441. The summed E-state index contributed by atoms with van der Waals surface area (Å²) >= 11 is 0. The van der Waals surface area contributed by atoms with Crippen molar-refractivity contribution in [2.24, 2.45) is 10.6 Å². The van der Waals surface area contributed by atoms with Crippen LogP contribution in [0.5, 0.6) is 11.5 Å². The van der Waals surface area contributed by atoms with Crippen molar-refractivity contribution in [3.63, 3.8) is 0 Å². The summed E-state index contributed by atoms with van der Waals surface area (Å²) in [6.07, 6.45) is 0.881. The van der Waals surface area contributed by atoms with Gasteiger partial charge in [-0.1, -0.05) is 54.5 Å². The molecule has 2 fully saturated rings. The molecule has 0 atom stereocenters. The predicted octanol–water partition coefficient (Wildman–Crippen LogP) is 5.17. The third kappa shape index (κ3) is 6.34. The molecule has 9 heteroatoms. The van der Waals surface area contributed by atoms with Crippen LogP contribution in [-0.4, -0.2) is 70.5 Å². The number of amidine groups is 1. The molecule has 3 aromatic carbocycles. The van der Waals surface area contributed by atoms with Gasteiger partial charge in [-0.05, 0) is 49.1 Å². The van der Waals surface area contributed by atoms with Crippen LogP contribution in [0.15, 0.2) is 71.9 Å². The number of aliphatic hydroxyl groups is 2. The first-order chi connectivity index (χ1) is 20.8. The average molecular weight is 590 g/mol. The van der Waals surface area contributed by atoms with Crippen LogP contribution in [0.2, 0.25) is 0 Å². The maximum atomic E-state index is 14.2. The minimum absolute atomic E-state index is 0.297. The molecule has 3 heterocycles. The highest BCUT2D eigenvalue weighted by molar-refractivity contribution is 5.84. The van der Waals surface area contributed by atoms with E-state index < -0.39 is 11.7 Å². The average Bonchev–Trinajstić information content (AvgIpc) is 3.43. The van der Waals surface area contributed by atoms with Crippen LogP contribution in [-0.2, 0) is 18.0 Å². The molecule has 0 bridgehead atoms. The second-order valence-corrected chi connectivity index (χ2v) is 12.3. The van der Waals surface area contributed by atoms with E-state index in [9.17, 15) is 14.6 Å². The van der Waals surface area contributed by atoms with Crippen molar-refractivity contribution < 1.29 is 28.9 Å². The van der Waals surface area contributed by atoms with E-state index in [4.69, 9.17) is 14.3 Å². The lowest BCUT2D eigenvalue weighted by atomic mass is 9.79. The van der Waals surface area contributed by atoms with Gasteiger partial charge in [-0.15, -0.1) is 0 Å². The summed E-state index contributed by atoms with van der Waals surface area (Å²) in [5.74, 6) is 1.82. The molecule has 2 N–H and O–H groups in total. The Kier molecular flexibility index (Phi) is 8.31. The fourth-order valence-corrected chi connectivity index (χ4v) is 6.25. The summed E-state index contributed by atoms with van der Waals surface area (Å²) in [6.45, 7) is 8.53. The van der Waals surface area contributed by atoms with E-state index in [1.807, 2.05) is 50.2 Å². The molecule has 1 spiro atoms. The number of rotatable bonds is 9. The Hall–Kier alpha value is -3.66. The summed E-state index contributed by atoms with van der Waals surface area (Å²) in [7, 11) is 0. The number of hydrogen-bond donors (Lipinski definition) is 2. The van der Waals surface area contributed by atoms with Crippen LogP contribution >= 0.6 is 0 Å². The number of aliphatic hydroxyl groups excluding tert-OH is 1. The van der Waals surface area contributed by atoms with Crippen molar-refractivity contribution in [2.45, 2.75) is 58.2 Å². The zero-order chi connectivity index (χ0) is 30.0. The van der Waals surface area contributed by atoms with Gasteiger partial charge in [0.2, 0.25) is 0 Å². The molecule has 0 aromatic heterocycles. The van der Waals surface area contributed by atoms with E-state index >= 15 is 0 Å². The van der Waals surface area contributed by atoms with Crippen molar-refractivity contribution in [3.8, 4) is 22.6 Å². The van der Waals surface area contributed by atoms with Gasteiger partial charge in [-0.3, -0.25) is 4.90 Å². The summed E-state index contributed by atoms with van der Waals surface area (Å²) in [5.41, 5.74) is 3.00. The van der Waals surface area contributed by atoms with Crippen LogP contribution < -0.4 is 9.47 Å². The van der Waals surface area contributed by atoms with Crippen molar-refractivity contribution in [2.75, 3.05) is 32.8 Å². The first-order valence-electron chi connectivity index (χ1n) is 15.1. The maximum Gasteiger partial charge on any atom is 0.170 e. The number of piperidine rings is 1. The summed E-state index contributed by atoms with van der Waals surface area (Å²) in [4.78, 5) is 10.5. The third-order valence-corrected chi connectivity index (χ3v) is 8.97. The van der Waals surface area contributed by atoms with Crippen molar-refractivity contribution in [1.82, 2.24) is 9.80 Å². The minimum atomic E-state index is -1.30. The Morgan fingerprint density at radius 1 is 0.930 bits per heavy atom. The zero-order valence-electron chi connectivity index (χ0n) is 24.8. The molecule has 0 amide bonds. The minimum Gasteiger partial charge on any atom is -0.493 e. The summed E-state index contributed by atoms with van der Waals surface area (Å²) < 4.78 is 26.4. The number of oxime groups is 1. The first-order valence-corrected chi connectivity index (χ1v) is 15.1. The van der Waals surface area contributed by atoms with E-state index in [0.717, 1.165) is 73.0 Å². The zero-order valence-corrected chi connectivity index (χ0v) is 24.8. The number of ether oxygens (including phenoxy) is 2. The number of benzene rings is 3. The largest absolute Gasteiger partial charge is 0.493 e. The molecule has 2 saturated heterocycles. The lowest BCUT2D eigenvalue weighted by Gasteiger charge is -2.46. The fourth-order valence-electron chi connectivity index (χ4n) is 6.25. The molecule has 0 aliphatic carbocycles. The molecule has 0 unspecified atom stereocenters. The topological polar surface area (TPSA) is 87.0 Å². The van der Waals surface area contributed by atoms with E-state index in [0.29, 0.717) is 31.8 Å². The van der Waals surface area contributed by atoms with E-state index in [1.54, 1.807) is 6.07 Å². The van der Waals surface area contributed by atoms with E-state index in [2.05, 4.69) is 27.1 Å². The molecular weight excluding hydrogens is 549 g/mol. The van der Waals surface area contributed by atoms with Gasteiger partial charge in [0, 0.05) is 55.3 Å². The number of likely N-dealkylation sites (tertiary alicyclic amines) is 2. The standard InChI is InChI=1S/C34H40FN3O5/c1-3-41-29-17-25(9-11-27(29)28-12-10-26(35)18-30(28)42-21-24-7-5-4-6-8-24)20-37-22-34(23-37)19-31(36-43-34)38-15-13-33(2,14-16-38)32(39)40/h4-12,17-18,32,39-40H,3,13-16,19-23H2,1-2H3. The maximum absolute atomic E-state index is 14.2. The van der Waals surface area contributed by atoms with Gasteiger partial charge < -0.3 is 29.4 Å². The van der Waals surface area contributed by atoms with Crippen molar-refractivity contribution >= 4 is 5.84 Å². The van der Waals surface area contributed by atoms with Crippen molar-refractivity contribution in [1.29, 1.82) is 0 Å². The molecule has 6 rings (SSSR count). The van der Waals surface area contributed by atoms with E-state index in [1.165, 1.54) is 12.1 Å². The molecule has 0 saturated carbocycles. The number of hydrogen-bond acceptors (Lipinski definition) is 8. The van der Waals surface area contributed by atoms with Gasteiger partial charge in [0.05, 0.1) is 13.0 Å². The predicted molar refractivity (Wildman–Crippen MR) is 162 cm³/mol. The molecule has 3 aromatic rings. The molecule has 8 nitrogen and oxygen atoms in total. The SMILES string of the molecule is CCOc1cc(CN2CC3(CC(N4CCC(C)(C(O)O)CC4)=NO3)C2)ccc1-c1ccc(F)cc1OCc1ccccc1. The molecule has 228 valence electrons. The van der Waals surface area contributed by atoms with Crippen LogP contribution in [0, 0.1) is 11.2 Å². The van der Waals surface area contributed by atoms with Crippen LogP contribution in [0.1, 0.15) is 44.2 Å². The molecule has 3 aliphatic heterocycles. The van der Waals surface area contributed by atoms with Gasteiger partial charge in [0.15, 0.2) is 11.9 Å². The van der Waals surface area contributed by atoms with Gasteiger partial charge >= 0.3 is 0 Å². The molecule has 3 aliphatic rings. The van der Waals surface area contributed by atoms with Gasteiger partial charge in [0.1, 0.15) is 29.8 Å². The monoisotopic (exact) mass is 589 g/mol. The van der Waals surface area contributed by atoms with Gasteiger partial charge in [0.25, 0.3) is 0 Å². The Balaban J connectivity index is 1.09. The smallest absolute Gasteiger partial charge is 0.170 e.